The van der Waals surface area contributed by atoms with Crippen LogP contribution in [0.25, 0.3) is 0 Å². The molecule has 1 aliphatic rings. The minimum Gasteiger partial charge on any atom is -0.491 e. The van der Waals surface area contributed by atoms with Gasteiger partial charge in [0.05, 0.1) is 21.0 Å². The smallest absolute Gasteiger partial charge is 0.253 e. The van der Waals surface area contributed by atoms with Crippen LogP contribution in [0.1, 0.15) is 24.2 Å². The van der Waals surface area contributed by atoms with Gasteiger partial charge in [0.2, 0.25) is 10.0 Å². The minimum atomic E-state index is -3.70. The molecular weight excluding hydrogens is 435 g/mol. The average Bonchev–Trinajstić information content (AvgIpc) is 2.69. The van der Waals surface area contributed by atoms with Gasteiger partial charge < -0.3 is 9.64 Å². The van der Waals surface area contributed by atoms with Crippen molar-refractivity contribution < 1.29 is 17.9 Å². The Balaban J connectivity index is 1.65. The predicted molar refractivity (Wildman–Crippen MR) is 113 cm³/mol. The molecule has 0 unspecified atom stereocenters. The quantitative estimate of drug-likeness (QED) is 0.683. The van der Waals surface area contributed by atoms with Gasteiger partial charge in [-0.25, -0.2) is 8.42 Å². The van der Waals surface area contributed by atoms with Gasteiger partial charge >= 0.3 is 0 Å². The fourth-order valence-corrected chi connectivity index (χ4v) is 4.86. The number of carbonyl (C=O) groups is 1. The standard InChI is InChI=1S/C20H22Cl2N2O4S/c1-14(2)28-16-5-3-15(4-6-16)20(25)23-9-11-24(12-10-23)29(26,27)17-7-8-18(21)19(22)13-17/h3-8,13-14H,9-12H2,1-2H3. The molecule has 3 rings (SSSR count). The van der Waals surface area contributed by atoms with Gasteiger partial charge in [0.1, 0.15) is 5.75 Å². The van der Waals surface area contributed by atoms with E-state index in [2.05, 4.69) is 0 Å². The summed E-state index contributed by atoms with van der Waals surface area (Å²) in [6, 6.07) is 11.2. The van der Waals surface area contributed by atoms with Crippen molar-refractivity contribution in [2.45, 2.75) is 24.8 Å². The fourth-order valence-electron chi connectivity index (χ4n) is 3.05. The Hall–Kier alpha value is -1.80. The van der Waals surface area contributed by atoms with Crippen LogP contribution in [0.5, 0.6) is 5.75 Å². The molecule has 1 amide bonds. The second-order valence-corrected chi connectivity index (χ2v) is 9.72. The van der Waals surface area contributed by atoms with Crippen molar-refractivity contribution in [2.75, 3.05) is 26.2 Å². The Bertz CT molecular complexity index is 986. The normalized spacial score (nSPS) is 15.6. The molecule has 1 aliphatic heterocycles. The lowest BCUT2D eigenvalue weighted by atomic mass is 10.2. The summed E-state index contributed by atoms with van der Waals surface area (Å²) in [5.74, 6) is 0.571. The highest BCUT2D eigenvalue weighted by Gasteiger charge is 2.30. The Labute approximate surface area is 181 Å². The van der Waals surface area contributed by atoms with Gasteiger partial charge in [-0.1, -0.05) is 23.2 Å². The molecule has 6 nitrogen and oxygen atoms in total. The lowest BCUT2D eigenvalue weighted by Crippen LogP contribution is -2.50. The summed E-state index contributed by atoms with van der Waals surface area (Å²) in [5.41, 5.74) is 0.543. The summed E-state index contributed by atoms with van der Waals surface area (Å²) in [6.07, 6.45) is 0.0575. The Kier molecular flexibility index (Phi) is 6.73. The van der Waals surface area contributed by atoms with Crippen LogP contribution in [0, 0.1) is 0 Å². The maximum Gasteiger partial charge on any atom is 0.253 e. The second-order valence-electron chi connectivity index (χ2n) is 6.96. The zero-order valence-corrected chi connectivity index (χ0v) is 18.5. The molecule has 0 aromatic heterocycles. The van der Waals surface area contributed by atoms with Crippen molar-refractivity contribution in [3.05, 3.63) is 58.1 Å². The van der Waals surface area contributed by atoms with Crippen LogP contribution in [0.15, 0.2) is 47.4 Å². The van der Waals surface area contributed by atoms with Crippen LogP contribution in [0.2, 0.25) is 10.0 Å². The number of benzene rings is 2. The molecule has 1 fully saturated rings. The van der Waals surface area contributed by atoms with E-state index >= 15 is 0 Å². The molecule has 0 N–H and O–H groups in total. The summed E-state index contributed by atoms with van der Waals surface area (Å²) >= 11 is 11.8. The number of piperazine rings is 1. The van der Waals surface area contributed by atoms with Crippen molar-refractivity contribution in [3.63, 3.8) is 0 Å². The number of carbonyl (C=O) groups excluding carboxylic acids is 1. The van der Waals surface area contributed by atoms with Crippen LogP contribution >= 0.6 is 23.2 Å². The molecule has 156 valence electrons. The van der Waals surface area contributed by atoms with E-state index in [4.69, 9.17) is 27.9 Å². The molecule has 0 bridgehead atoms. The van der Waals surface area contributed by atoms with Crippen molar-refractivity contribution >= 4 is 39.1 Å². The first-order valence-corrected chi connectivity index (χ1v) is 11.4. The van der Waals surface area contributed by atoms with Crippen molar-refractivity contribution in [2.24, 2.45) is 0 Å². The van der Waals surface area contributed by atoms with E-state index in [1.165, 1.54) is 22.5 Å². The first kappa shape index (κ1) is 21.9. The van der Waals surface area contributed by atoms with Crippen LogP contribution in [0.4, 0.5) is 0 Å². The SMILES string of the molecule is CC(C)Oc1ccc(C(=O)N2CCN(S(=O)(=O)c3ccc(Cl)c(Cl)c3)CC2)cc1. The summed E-state index contributed by atoms with van der Waals surface area (Å²) < 4.78 is 32.6. The highest BCUT2D eigenvalue weighted by molar-refractivity contribution is 7.89. The third kappa shape index (κ3) is 5.04. The maximum absolute atomic E-state index is 12.8. The van der Waals surface area contributed by atoms with E-state index in [-0.39, 0.29) is 35.0 Å². The number of nitrogens with zero attached hydrogens (tertiary/aromatic N) is 2. The van der Waals surface area contributed by atoms with Crippen LogP contribution in [-0.2, 0) is 10.0 Å². The summed E-state index contributed by atoms with van der Waals surface area (Å²) in [4.78, 5) is 14.5. The maximum atomic E-state index is 12.8. The van der Waals surface area contributed by atoms with E-state index in [0.29, 0.717) is 29.4 Å². The highest BCUT2D eigenvalue weighted by Crippen LogP contribution is 2.27. The van der Waals surface area contributed by atoms with Gasteiger partial charge in [-0.15, -0.1) is 0 Å². The Morgan fingerprint density at radius 3 is 2.14 bits per heavy atom. The first-order valence-electron chi connectivity index (χ1n) is 9.19. The number of halogens is 2. The van der Waals surface area contributed by atoms with E-state index in [1.54, 1.807) is 29.2 Å². The summed E-state index contributed by atoms with van der Waals surface area (Å²) in [7, 11) is -3.70. The molecule has 2 aromatic carbocycles. The van der Waals surface area contributed by atoms with Crippen molar-refractivity contribution in [1.29, 1.82) is 0 Å². The number of hydrogen-bond acceptors (Lipinski definition) is 4. The Morgan fingerprint density at radius 2 is 1.59 bits per heavy atom. The molecule has 2 aromatic rings. The van der Waals surface area contributed by atoms with E-state index in [1.807, 2.05) is 13.8 Å². The zero-order valence-electron chi connectivity index (χ0n) is 16.1. The molecule has 0 atom stereocenters. The first-order chi connectivity index (χ1) is 13.7. The monoisotopic (exact) mass is 456 g/mol. The number of sulfonamides is 1. The van der Waals surface area contributed by atoms with Crippen molar-refractivity contribution in [3.8, 4) is 5.75 Å². The van der Waals surface area contributed by atoms with Crippen LogP contribution in [0.3, 0.4) is 0 Å². The number of amides is 1. The molecule has 0 radical (unpaired) electrons. The topological polar surface area (TPSA) is 66.9 Å². The predicted octanol–water partition coefficient (Wildman–Crippen LogP) is 3.93. The lowest BCUT2D eigenvalue weighted by Gasteiger charge is -2.34. The molecular formula is C20H22Cl2N2O4S. The highest BCUT2D eigenvalue weighted by atomic mass is 35.5. The number of rotatable bonds is 5. The molecule has 1 saturated heterocycles. The molecule has 1 heterocycles. The third-order valence-electron chi connectivity index (χ3n) is 4.53. The lowest BCUT2D eigenvalue weighted by molar-refractivity contribution is 0.0698. The van der Waals surface area contributed by atoms with Gasteiger partial charge in [0.25, 0.3) is 5.91 Å². The van der Waals surface area contributed by atoms with Gasteiger partial charge in [0.15, 0.2) is 0 Å². The van der Waals surface area contributed by atoms with E-state index < -0.39 is 10.0 Å². The van der Waals surface area contributed by atoms with E-state index in [9.17, 15) is 13.2 Å². The largest absolute Gasteiger partial charge is 0.491 e. The van der Waals surface area contributed by atoms with E-state index in [0.717, 1.165) is 0 Å². The fraction of sp³-hybridized carbons (Fsp3) is 0.350. The summed E-state index contributed by atoms with van der Waals surface area (Å²) in [6.45, 7) is 4.91. The zero-order chi connectivity index (χ0) is 21.2. The van der Waals surface area contributed by atoms with Gasteiger partial charge in [-0.05, 0) is 56.3 Å². The average molecular weight is 457 g/mol. The number of hydrogen-bond donors (Lipinski definition) is 0. The van der Waals surface area contributed by atoms with Gasteiger partial charge in [-0.3, -0.25) is 4.79 Å². The van der Waals surface area contributed by atoms with Crippen molar-refractivity contribution in [1.82, 2.24) is 9.21 Å². The van der Waals surface area contributed by atoms with Crippen LogP contribution < -0.4 is 4.74 Å². The second kappa shape index (κ2) is 8.92. The molecule has 0 spiro atoms. The minimum absolute atomic E-state index is 0.0575. The van der Waals surface area contributed by atoms with Gasteiger partial charge in [-0.2, -0.15) is 4.31 Å². The molecule has 29 heavy (non-hydrogen) atoms. The molecule has 9 heteroatoms. The van der Waals surface area contributed by atoms with Crippen LogP contribution in [-0.4, -0.2) is 55.8 Å². The Morgan fingerprint density at radius 1 is 0.966 bits per heavy atom. The third-order valence-corrected chi connectivity index (χ3v) is 7.16. The summed E-state index contributed by atoms with van der Waals surface area (Å²) in [5, 5.41) is 0.484. The molecule has 0 aliphatic carbocycles. The molecule has 0 saturated carbocycles. The number of ether oxygens (including phenoxy) is 1. The van der Waals surface area contributed by atoms with Gasteiger partial charge in [0, 0.05) is 31.7 Å².